The molecule has 16 heteroatoms. The van der Waals surface area contributed by atoms with Gasteiger partial charge in [-0.1, -0.05) is 18.2 Å². The molecule has 43 heavy (non-hydrogen) atoms. The van der Waals surface area contributed by atoms with Crippen LogP contribution in [0.15, 0.2) is 48.5 Å². The number of nitrogens with zero attached hydrogens (tertiary/aromatic N) is 6. The summed E-state index contributed by atoms with van der Waals surface area (Å²) in [5.41, 5.74) is 24.0. The fourth-order valence-electron chi connectivity index (χ4n) is 5.37. The number of alkyl halides is 3. The number of phenolic OH excluding ortho intramolecular Hbond substituents is 1. The van der Waals surface area contributed by atoms with Crippen LogP contribution in [-0.2, 0) is 0 Å². The molecule has 3 aromatic rings. The number of hydrogen-bond acceptors (Lipinski definition) is 12. The summed E-state index contributed by atoms with van der Waals surface area (Å²) in [6.07, 6.45) is -3.73. The number of carbonyl (C=O) groups excluding carboxylic acids is 1. The van der Waals surface area contributed by atoms with Gasteiger partial charge in [-0.3, -0.25) is 4.79 Å². The molecule has 1 aromatic heterocycles. The van der Waals surface area contributed by atoms with Crippen molar-refractivity contribution in [3.63, 3.8) is 0 Å². The first-order valence-corrected chi connectivity index (χ1v) is 13.7. The smallest absolute Gasteiger partial charge is 0.491 e. The van der Waals surface area contributed by atoms with E-state index in [2.05, 4.69) is 20.3 Å². The Morgan fingerprint density at radius 1 is 0.837 bits per heavy atom. The lowest BCUT2D eigenvalue weighted by molar-refractivity contribution is -0.122. The van der Waals surface area contributed by atoms with E-state index >= 15 is 0 Å². The summed E-state index contributed by atoms with van der Waals surface area (Å²) in [4.78, 5) is 30.1. The van der Waals surface area contributed by atoms with Crippen molar-refractivity contribution in [3.8, 4) is 5.75 Å². The topological polar surface area (TPSA) is 202 Å². The summed E-state index contributed by atoms with van der Waals surface area (Å²) in [7, 11) is 0. The van der Waals surface area contributed by atoms with Crippen LogP contribution in [-0.4, -0.2) is 82.6 Å². The summed E-state index contributed by atoms with van der Waals surface area (Å²) >= 11 is 0. The summed E-state index contributed by atoms with van der Waals surface area (Å²) in [6, 6.07) is 9.39. The van der Waals surface area contributed by atoms with E-state index in [1.165, 1.54) is 24.3 Å². The monoisotopic (exact) mass is 601 g/mol. The number of halogens is 3. The van der Waals surface area contributed by atoms with Gasteiger partial charge in [0.1, 0.15) is 5.75 Å². The van der Waals surface area contributed by atoms with Crippen molar-refractivity contribution < 1.29 is 23.1 Å². The molecule has 10 N–H and O–H groups in total. The Bertz CT molecular complexity index is 1380. The van der Waals surface area contributed by atoms with E-state index in [0.717, 1.165) is 24.3 Å². The number of aromatic nitrogens is 3. The summed E-state index contributed by atoms with van der Waals surface area (Å²) in [6.45, 7) is 1.85. The standard InChI is InChI=1S/C27H34F3N11O2/c28-27(29,30)41(20-4-2-1-3-5-20)23(43)21-7-6-19(10-22(21)42)35-24-36-25(39-11-15(31)8-16(32)12-39)38-26(37-24)40-13-17(33)9-18(34)14-40/h1-7,10,15-18,42H,8-9,11-14,31-34H2,(H,35,36,37,38). The Hall–Kier alpha value is -4.25. The Morgan fingerprint density at radius 2 is 1.35 bits per heavy atom. The normalized spacial score (nSPS) is 22.8. The van der Waals surface area contributed by atoms with E-state index in [4.69, 9.17) is 22.9 Å². The predicted octanol–water partition coefficient (Wildman–Crippen LogP) is 1.22. The van der Waals surface area contributed by atoms with E-state index < -0.39 is 23.5 Å². The highest BCUT2D eigenvalue weighted by molar-refractivity contribution is 6.08. The number of amides is 1. The number of rotatable bonds is 6. The molecular weight excluding hydrogens is 567 g/mol. The van der Waals surface area contributed by atoms with E-state index in [0.29, 0.717) is 50.9 Å². The van der Waals surface area contributed by atoms with E-state index in [1.54, 1.807) is 0 Å². The van der Waals surface area contributed by atoms with Gasteiger partial charge in [0.25, 0.3) is 5.91 Å². The molecule has 2 saturated heterocycles. The maximum atomic E-state index is 13.9. The molecule has 0 spiro atoms. The second-order valence-corrected chi connectivity index (χ2v) is 10.9. The van der Waals surface area contributed by atoms with Gasteiger partial charge >= 0.3 is 6.30 Å². The minimum Gasteiger partial charge on any atom is -0.507 e. The van der Waals surface area contributed by atoms with Crippen LogP contribution in [0.3, 0.4) is 0 Å². The van der Waals surface area contributed by atoms with Crippen molar-refractivity contribution in [2.75, 3.05) is 46.2 Å². The van der Waals surface area contributed by atoms with Gasteiger partial charge in [-0.2, -0.15) is 15.0 Å². The van der Waals surface area contributed by atoms with Crippen molar-refractivity contribution in [2.45, 2.75) is 43.3 Å². The molecule has 230 valence electrons. The van der Waals surface area contributed by atoms with Crippen LogP contribution in [0.1, 0.15) is 23.2 Å². The lowest BCUT2D eigenvalue weighted by Gasteiger charge is -2.37. The molecule has 5 rings (SSSR count). The second-order valence-electron chi connectivity index (χ2n) is 10.9. The molecule has 2 aliphatic heterocycles. The first-order chi connectivity index (χ1) is 20.4. The number of phenols is 1. The van der Waals surface area contributed by atoms with Gasteiger partial charge in [0, 0.05) is 62.1 Å². The first kappa shape index (κ1) is 30.2. The van der Waals surface area contributed by atoms with Gasteiger partial charge < -0.3 is 43.2 Å². The summed E-state index contributed by atoms with van der Waals surface area (Å²) in [5, 5.41) is 13.6. The van der Waals surface area contributed by atoms with Crippen molar-refractivity contribution in [2.24, 2.45) is 22.9 Å². The summed E-state index contributed by atoms with van der Waals surface area (Å²) < 4.78 is 41.6. The fraction of sp³-hybridized carbons (Fsp3) is 0.407. The van der Waals surface area contributed by atoms with Crippen molar-refractivity contribution >= 4 is 35.1 Å². The van der Waals surface area contributed by atoms with E-state index in [1.807, 2.05) is 9.80 Å². The average molecular weight is 602 g/mol. The van der Waals surface area contributed by atoms with Gasteiger partial charge in [0.2, 0.25) is 17.8 Å². The minimum atomic E-state index is -5.03. The quantitative estimate of drug-likeness (QED) is 0.221. The molecule has 0 radical (unpaired) electrons. The van der Waals surface area contributed by atoms with Crippen molar-refractivity contribution in [1.29, 1.82) is 0 Å². The fourth-order valence-corrected chi connectivity index (χ4v) is 5.37. The lowest BCUT2D eigenvalue weighted by atomic mass is 10.0. The highest BCUT2D eigenvalue weighted by atomic mass is 19.4. The number of nitrogens with two attached hydrogens (primary N) is 4. The molecule has 2 aliphatic rings. The third-order valence-electron chi connectivity index (χ3n) is 7.16. The molecular formula is C27H34F3N11O2. The molecule has 0 bridgehead atoms. The van der Waals surface area contributed by atoms with Gasteiger partial charge in [-0.25, -0.2) is 4.90 Å². The van der Waals surface area contributed by atoms with Crippen LogP contribution in [0, 0.1) is 0 Å². The zero-order valence-electron chi connectivity index (χ0n) is 23.2. The molecule has 2 fully saturated rings. The molecule has 4 atom stereocenters. The average Bonchev–Trinajstić information content (AvgIpc) is 2.92. The number of piperidine rings is 2. The summed E-state index contributed by atoms with van der Waals surface area (Å²) in [5.74, 6) is -1.41. The van der Waals surface area contributed by atoms with Gasteiger partial charge in [0.15, 0.2) is 0 Å². The van der Waals surface area contributed by atoms with Crippen LogP contribution in [0.25, 0.3) is 0 Å². The van der Waals surface area contributed by atoms with Crippen LogP contribution < -0.4 is 43.0 Å². The van der Waals surface area contributed by atoms with Gasteiger partial charge in [-0.05, 0) is 37.1 Å². The second kappa shape index (κ2) is 12.2. The Morgan fingerprint density at radius 3 is 1.81 bits per heavy atom. The molecule has 0 aliphatic carbocycles. The van der Waals surface area contributed by atoms with Crippen molar-refractivity contribution in [3.05, 3.63) is 54.1 Å². The number of aromatic hydroxyl groups is 1. The maximum absolute atomic E-state index is 13.9. The highest BCUT2D eigenvalue weighted by Gasteiger charge is 2.43. The predicted molar refractivity (Wildman–Crippen MR) is 156 cm³/mol. The van der Waals surface area contributed by atoms with E-state index in [9.17, 15) is 23.1 Å². The van der Waals surface area contributed by atoms with Crippen LogP contribution in [0.4, 0.5) is 42.4 Å². The zero-order valence-corrected chi connectivity index (χ0v) is 23.2. The third kappa shape index (κ3) is 7.05. The number of hydrogen-bond donors (Lipinski definition) is 6. The molecule has 1 amide bonds. The largest absolute Gasteiger partial charge is 0.507 e. The SMILES string of the molecule is NC1CC(N)CN(c2nc(Nc3ccc(C(=O)N(c4ccccc4)C(F)(F)F)c(O)c3)nc(N3CC(N)CC(N)C3)n2)C1. The number of carbonyl (C=O) groups is 1. The Kier molecular flexibility index (Phi) is 8.55. The van der Waals surface area contributed by atoms with Crippen LogP contribution in [0.2, 0.25) is 0 Å². The number of anilines is 5. The van der Waals surface area contributed by atoms with Gasteiger partial charge in [-0.15, -0.1) is 13.2 Å². The van der Waals surface area contributed by atoms with E-state index in [-0.39, 0.29) is 46.4 Å². The molecule has 0 saturated carbocycles. The molecule has 2 aromatic carbocycles. The number of nitrogens with one attached hydrogen (secondary N) is 1. The van der Waals surface area contributed by atoms with Crippen LogP contribution in [0.5, 0.6) is 5.75 Å². The molecule has 4 unspecified atom stereocenters. The number of para-hydroxylation sites is 1. The third-order valence-corrected chi connectivity index (χ3v) is 7.16. The van der Waals surface area contributed by atoms with Crippen molar-refractivity contribution in [1.82, 2.24) is 15.0 Å². The molecule has 3 heterocycles. The molecule has 13 nitrogen and oxygen atoms in total. The lowest BCUT2D eigenvalue weighted by Crippen LogP contribution is -2.54. The number of benzene rings is 2. The zero-order chi connectivity index (χ0) is 30.9. The maximum Gasteiger partial charge on any atom is 0.491 e. The van der Waals surface area contributed by atoms with Gasteiger partial charge in [0.05, 0.1) is 11.3 Å². The Balaban J connectivity index is 1.45. The minimum absolute atomic E-state index is 0.0834. The van der Waals surface area contributed by atoms with Crippen LogP contribution >= 0.6 is 0 Å². The Labute approximate surface area is 245 Å². The highest BCUT2D eigenvalue weighted by Crippen LogP contribution is 2.33. The first-order valence-electron chi connectivity index (χ1n) is 13.7.